The summed E-state index contributed by atoms with van der Waals surface area (Å²) in [5, 5.41) is 10.2. The van der Waals surface area contributed by atoms with Crippen LogP contribution in [0.3, 0.4) is 0 Å². The Labute approximate surface area is 116 Å². The van der Waals surface area contributed by atoms with Gasteiger partial charge in [0.05, 0.1) is 6.10 Å². The average Bonchev–Trinajstić information content (AvgIpc) is 3.18. The Kier molecular flexibility index (Phi) is 3.53. The number of aliphatic hydroxyl groups is 1. The Balaban J connectivity index is 1.65. The van der Waals surface area contributed by atoms with Gasteiger partial charge >= 0.3 is 0 Å². The van der Waals surface area contributed by atoms with Gasteiger partial charge in [0.25, 0.3) is 0 Å². The lowest BCUT2D eigenvalue weighted by atomic mass is 10.0. The zero-order valence-corrected chi connectivity index (χ0v) is 11.0. The fourth-order valence-corrected chi connectivity index (χ4v) is 2.85. The summed E-state index contributed by atoms with van der Waals surface area (Å²) < 4.78 is 26.2. The minimum absolute atomic E-state index is 0.184. The molecule has 1 fully saturated rings. The van der Waals surface area contributed by atoms with Crippen LogP contribution in [0.15, 0.2) is 48.5 Å². The molecule has 20 heavy (non-hydrogen) atoms. The highest BCUT2D eigenvalue weighted by atomic mass is 19.1. The molecule has 0 spiro atoms. The van der Waals surface area contributed by atoms with Gasteiger partial charge in [0, 0.05) is 6.07 Å². The lowest BCUT2D eigenvalue weighted by Gasteiger charge is -2.11. The molecule has 3 unspecified atom stereocenters. The maximum absolute atomic E-state index is 13.1. The third-order valence-corrected chi connectivity index (χ3v) is 3.93. The highest BCUT2D eigenvalue weighted by Crippen LogP contribution is 2.50. The summed E-state index contributed by atoms with van der Waals surface area (Å²) in [7, 11) is 0. The molecule has 3 atom stereocenters. The first-order chi connectivity index (χ1) is 9.63. The molecule has 2 aromatic carbocycles. The Morgan fingerprint density at radius 1 is 1.05 bits per heavy atom. The van der Waals surface area contributed by atoms with Crippen molar-refractivity contribution in [1.82, 2.24) is 0 Å². The molecular weight excluding hydrogens is 258 g/mol. The predicted molar refractivity (Wildman–Crippen MR) is 73.4 cm³/mol. The van der Waals surface area contributed by atoms with Crippen molar-refractivity contribution in [1.29, 1.82) is 0 Å². The van der Waals surface area contributed by atoms with Crippen molar-refractivity contribution in [3.8, 4) is 0 Å². The molecule has 0 radical (unpaired) electrons. The molecule has 0 heterocycles. The number of halogens is 2. The molecule has 1 aliphatic carbocycles. The quantitative estimate of drug-likeness (QED) is 0.902. The number of benzene rings is 2. The van der Waals surface area contributed by atoms with Gasteiger partial charge in [0.1, 0.15) is 11.6 Å². The zero-order chi connectivity index (χ0) is 14.1. The number of rotatable bonds is 4. The molecule has 0 bridgehead atoms. The van der Waals surface area contributed by atoms with E-state index < -0.39 is 17.7 Å². The van der Waals surface area contributed by atoms with Gasteiger partial charge in [-0.05, 0) is 47.9 Å². The first-order valence-corrected chi connectivity index (χ1v) is 6.81. The minimum Gasteiger partial charge on any atom is -0.392 e. The number of aliphatic hydroxyl groups excluding tert-OH is 1. The smallest absolute Gasteiger partial charge is 0.126 e. The molecule has 0 aromatic heterocycles. The highest BCUT2D eigenvalue weighted by Gasteiger charge is 2.43. The first kappa shape index (κ1) is 13.3. The second-order valence-corrected chi connectivity index (χ2v) is 5.47. The Morgan fingerprint density at radius 2 is 1.70 bits per heavy atom. The van der Waals surface area contributed by atoms with E-state index in [1.807, 2.05) is 18.2 Å². The maximum Gasteiger partial charge on any atom is 0.126 e. The van der Waals surface area contributed by atoms with Gasteiger partial charge in [-0.2, -0.15) is 0 Å². The lowest BCUT2D eigenvalue weighted by Crippen LogP contribution is -2.14. The summed E-state index contributed by atoms with van der Waals surface area (Å²) >= 11 is 0. The molecule has 1 saturated carbocycles. The van der Waals surface area contributed by atoms with Crippen LogP contribution in [-0.4, -0.2) is 11.2 Å². The van der Waals surface area contributed by atoms with Crippen molar-refractivity contribution in [3.05, 3.63) is 71.3 Å². The van der Waals surface area contributed by atoms with Crippen LogP contribution in [-0.2, 0) is 6.42 Å². The summed E-state index contributed by atoms with van der Waals surface area (Å²) in [6, 6.07) is 13.5. The molecular formula is C17H16F2O. The predicted octanol–water partition coefficient (Wildman–Crippen LogP) is 3.67. The molecule has 0 amide bonds. The van der Waals surface area contributed by atoms with Crippen molar-refractivity contribution in [2.45, 2.75) is 24.9 Å². The lowest BCUT2D eigenvalue weighted by molar-refractivity contribution is 0.149. The van der Waals surface area contributed by atoms with Gasteiger partial charge in [-0.3, -0.25) is 0 Å². The van der Waals surface area contributed by atoms with E-state index in [-0.39, 0.29) is 5.92 Å². The summed E-state index contributed by atoms with van der Waals surface area (Å²) in [5.74, 6) is -0.640. The second kappa shape index (κ2) is 5.33. The van der Waals surface area contributed by atoms with E-state index in [4.69, 9.17) is 0 Å². The topological polar surface area (TPSA) is 20.2 Å². The standard InChI is InChI=1S/C17H16F2O/c18-13-6-11(7-14(19)9-13)8-17(20)16-10-15(16)12-4-2-1-3-5-12/h1-7,9,15-17,20H,8,10H2. The number of hydrogen-bond acceptors (Lipinski definition) is 1. The van der Waals surface area contributed by atoms with Crippen LogP contribution < -0.4 is 0 Å². The first-order valence-electron chi connectivity index (χ1n) is 6.81. The zero-order valence-electron chi connectivity index (χ0n) is 11.0. The number of hydrogen-bond donors (Lipinski definition) is 1. The Morgan fingerprint density at radius 3 is 2.35 bits per heavy atom. The van der Waals surface area contributed by atoms with E-state index in [0.29, 0.717) is 17.9 Å². The van der Waals surface area contributed by atoms with Crippen molar-refractivity contribution in [2.75, 3.05) is 0 Å². The molecule has 0 saturated heterocycles. The molecule has 0 aliphatic heterocycles. The fraction of sp³-hybridized carbons (Fsp3) is 0.294. The Hall–Kier alpha value is -1.74. The SMILES string of the molecule is OC(Cc1cc(F)cc(F)c1)C1CC1c1ccccc1. The molecule has 3 rings (SSSR count). The van der Waals surface area contributed by atoms with E-state index in [2.05, 4.69) is 12.1 Å². The maximum atomic E-state index is 13.1. The monoisotopic (exact) mass is 274 g/mol. The molecule has 1 aliphatic rings. The molecule has 2 aromatic rings. The van der Waals surface area contributed by atoms with Gasteiger partial charge < -0.3 is 5.11 Å². The molecule has 1 nitrogen and oxygen atoms in total. The molecule has 104 valence electrons. The Bertz CT molecular complexity index is 577. The summed E-state index contributed by atoms with van der Waals surface area (Å²) in [4.78, 5) is 0. The van der Waals surface area contributed by atoms with Crippen LogP contribution in [0, 0.1) is 17.6 Å². The van der Waals surface area contributed by atoms with Crippen LogP contribution in [0.25, 0.3) is 0 Å². The van der Waals surface area contributed by atoms with Crippen LogP contribution in [0.4, 0.5) is 8.78 Å². The third kappa shape index (κ3) is 2.88. The molecule has 3 heteroatoms. The van der Waals surface area contributed by atoms with E-state index in [1.165, 1.54) is 17.7 Å². The van der Waals surface area contributed by atoms with Crippen molar-refractivity contribution < 1.29 is 13.9 Å². The molecule has 1 N–H and O–H groups in total. The van der Waals surface area contributed by atoms with E-state index in [0.717, 1.165) is 12.5 Å². The summed E-state index contributed by atoms with van der Waals surface area (Å²) in [5.41, 5.74) is 1.73. The van der Waals surface area contributed by atoms with Crippen molar-refractivity contribution in [3.63, 3.8) is 0 Å². The van der Waals surface area contributed by atoms with E-state index in [9.17, 15) is 13.9 Å². The van der Waals surface area contributed by atoms with Gasteiger partial charge in [0.2, 0.25) is 0 Å². The summed E-state index contributed by atoms with van der Waals surface area (Å²) in [6.45, 7) is 0. The van der Waals surface area contributed by atoms with Crippen LogP contribution in [0.1, 0.15) is 23.5 Å². The van der Waals surface area contributed by atoms with Crippen LogP contribution in [0.5, 0.6) is 0 Å². The van der Waals surface area contributed by atoms with E-state index in [1.54, 1.807) is 0 Å². The largest absolute Gasteiger partial charge is 0.392 e. The van der Waals surface area contributed by atoms with Gasteiger partial charge in [-0.1, -0.05) is 30.3 Å². The normalized spacial score (nSPS) is 22.6. The van der Waals surface area contributed by atoms with Crippen LogP contribution >= 0.6 is 0 Å². The van der Waals surface area contributed by atoms with Crippen molar-refractivity contribution >= 4 is 0 Å². The highest BCUT2D eigenvalue weighted by molar-refractivity contribution is 5.27. The van der Waals surface area contributed by atoms with Gasteiger partial charge in [-0.25, -0.2) is 8.78 Å². The second-order valence-electron chi connectivity index (χ2n) is 5.47. The van der Waals surface area contributed by atoms with Gasteiger partial charge in [-0.15, -0.1) is 0 Å². The third-order valence-electron chi connectivity index (χ3n) is 3.93. The fourth-order valence-electron chi connectivity index (χ4n) is 2.85. The minimum atomic E-state index is -0.595. The van der Waals surface area contributed by atoms with Gasteiger partial charge in [0.15, 0.2) is 0 Å². The summed E-state index contributed by atoms with van der Waals surface area (Å²) in [6.07, 6.45) is 0.674. The van der Waals surface area contributed by atoms with Crippen molar-refractivity contribution in [2.24, 2.45) is 5.92 Å². The van der Waals surface area contributed by atoms with Crippen LogP contribution in [0.2, 0.25) is 0 Å². The van der Waals surface area contributed by atoms with E-state index >= 15 is 0 Å². The average molecular weight is 274 g/mol.